The number of rotatable bonds is 7. The molecule has 210 valence electrons. The number of nitrogens with zero attached hydrogens (tertiary/aromatic N) is 2. The number of aryl methyl sites for hydroxylation is 1. The van der Waals surface area contributed by atoms with Crippen molar-refractivity contribution in [3.8, 4) is 22.8 Å². The molecule has 2 aromatic heterocycles. The van der Waals surface area contributed by atoms with Gasteiger partial charge in [0.25, 0.3) is 0 Å². The highest BCUT2D eigenvalue weighted by atomic mass is 16.5. The smallest absolute Gasteiger partial charge is 0.404 e. The van der Waals surface area contributed by atoms with Crippen molar-refractivity contribution >= 4 is 17.5 Å². The Morgan fingerprint density at radius 1 is 1.07 bits per heavy atom. The highest BCUT2D eigenvalue weighted by Gasteiger charge is 2.23. The average Bonchev–Trinajstić information content (AvgIpc) is 2.98. The molecule has 41 heavy (non-hydrogen) atoms. The van der Waals surface area contributed by atoms with Gasteiger partial charge in [0.05, 0.1) is 30.6 Å². The summed E-state index contributed by atoms with van der Waals surface area (Å²) in [6.45, 7) is 4.82. The van der Waals surface area contributed by atoms with Gasteiger partial charge < -0.3 is 35.1 Å². The van der Waals surface area contributed by atoms with E-state index < -0.39 is 6.09 Å². The van der Waals surface area contributed by atoms with Gasteiger partial charge in [-0.2, -0.15) is 0 Å². The zero-order valence-electron chi connectivity index (χ0n) is 22.6. The SMILES string of the molecule is Cc1cccc(C(CNC(=O)O)Nc2ccc3c(c2)Cc2cccc(-c4cc(N5CCOCC5)cc(=O)[nH]4)c2O3)n1. The van der Waals surface area contributed by atoms with Crippen LogP contribution in [0.25, 0.3) is 11.3 Å². The van der Waals surface area contributed by atoms with Gasteiger partial charge in [0, 0.05) is 60.3 Å². The number of pyridine rings is 2. The molecule has 1 amide bonds. The normalized spacial score (nSPS) is 14.8. The molecule has 2 aliphatic rings. The summed E-state index contributed by atoms with van der Waals surface area (Å²) in [6, 6.07) is 20.8. The molecule has 10 nitrogen and oxygen atoms in total. The summed E-state index contributed by atoms with van der Waals surface area (Å²) in [5.74, 6) is 1.46. The van der Waals surface area contributed by atoms with E-state index in [-0.39, 0.29) is 18.1 Å². The Morgan fingerprint density at radius 2 is 1.90 bits per heavy atom. The Kier molecular flexibility index (Phi) is 7.30. The van der Waals surface area contributed by atoms with Crippen molar-refractivity contribution < 1.29 is 19.4 Å². The van der Waals surface area contributed by atoms with Crippen molar-refractivity contribution in [2.45, 2.75) is 19.4 Å². The Labute approximate surface area is 237 Å². The quantitative estimate of drug-likeness (QED) is 0.228. The molecular weight excluding hydrogens is 522 g/mol. The van der Waals surface area contributed by atoms with Gasteiger partial charge >= 0.3 is 6.09 Å². The van der Waals surface area contributed by atoms with E-state index in [9.17, 15) is 14.7 Å². The molecule has 1 atom stereocenters. The maximum atomic E-state index is 12.6. The van der Waals surface area contributed by atoms with Crippen LogP contribution in [0.2, 0.25) is 0 Å². The molecule has 0 aliphatic carbocycles. The minimum absolute atomic E-state index is 0.160. The second kappa shape index (κ2) is 11.3. The first-order valence-corrected chi connectivity index (χ1v) is 13.6. The van der Waals surface area contributed by atoms with Crippen LogP contribution in [0.3, 0.4) is 0 Å². The van der Waals surface area contributed by atoms with Crippen LogP contribution in [0.1, 0.15) is 28.6 Å². The summed E-state index contributed by atoms with van der Waals surface area (Å²) in [5.41, 5.74) is 6.67. The number of morpholine rings is 1. The van der Waals surface area contributed by atoms with Crippen LogP contribution in [-0.4, -0.2) is 54.0 Å². The van der Waals surface area contributed by atoms with Crippen LogP contribution in [0.4, 0.5) is 16.2 Å². The van der Waals surface area contributed by atoms with Gasteiger partial charge in [-0.05, 0) is 55.0 Å². The second-order valence-electron chi connectivity index (χ2n) is 10.2. The molecular formula is C31H31N5O5. The maximum Gasteiger partial charge on any atom is 0.404 e. The van der Waals surface area contributed by atoms with Gasteiger partial charge in [0.1, 0.15) is 11.5 Å². The van der Waals surface area contributed by atoms with Crippen LogP contribution < -0.4 is 25.8 Å². The first kappa shape index (κ1) is 26.4. The molecule has 2 aliphatic heterocycles. The number of amides is 1. The summed E-state index contributed by atoms with van der Waals surface area (Å²) < 4.78 is 11.9. The van der Waals surface area contributed by atoms with Crippen LogP contribution in [0, 0.1) is 6.92 Å². The molecule has 6 rings (SSSR count). The number of hydrogen-bond acceptors (Lipinski definition) is 7. The summed E-state index contributed by atoms with van der Waals surface area (Å²) >= 11 is 0. The fourth-order valence-electron chi connectivity index (χ4n) is 5.34. The minimum Gasteiger partial charge on any atom is -0.465 e. The molecule has 1 fully saturated rings. The summed E-state index contributed by atoms with van der Waals surface area (Å²) in [7, 11) is 0. The van der Waals surface area contributed by atoms with Crippen molar-refractivity contribution in [3.63, 3.8) is 0 Å². The van der Waals surface area contributed by atoms with Gasteiger partial charge in [0.2, 0.25) is 5.56 Å². The summed E-state index contributed by atoms with van der Waals surface area (Å²) in [6.07, 6.45) is -0.449. The topological polar surface area (TPSA) is 129 Å². The predicted octanol–water partition coefficient (Wildman–Crippen LogP) is 4.70. The zero-order chi connectivity index (χ0) is 28.3. The molecule has 4 aromatic rings. The van der Waals surface area contributed by atoms with Crippen molar-refractivity contribution in [2.75, 3.05) is 43.1 Å². The van der Waals surface area contributed by atoms with Gasteiger partial charge in [-0.25, -0.2) is 4.79 Å². The molecule has 1 unspecified atom stereocenters. The maximum absolute atomic E-state index is 12.6. The summed E-state index contributed by atoms with van der Waals surface area (Å²) in [5, 5.41) is 15.1. The number of H-pyrrole nitrogens is 1. The lowest BCUT2D eigenvalue weighted by molar-refractivity contribution is 0.122. The standard InChI is InChI=1S/C31H31N5O5/c1-19-4-2-7-25(33-19)27(18-32-31(38)39)34-22-8-9-28-21(15-22)14-20-5-3-6-24(30(20)41-28)26-16-23(17-29(37)35-26)36-10-12-40-13-11-36/h2-9,15-17,27,32,34H,10-14,18H2,1H3,(H,35,37)(H,38,39). The highest BCUT2D eigenvalue weighted by Crippen LogP contribution is 2.43. The molecule has 0 saturated carbocycles. The van der Waals surface area contributed by atoms with Crippen LogP contribution in [-0.2, 0) is 11.2 Å². The van der Waals surface area contributed by atoms with Crippen molar-refractivity contribution in [1.29, 1.82) is 0 Å². The van der Waals surface area contributed by atoms with Gasteiger partial charge in [-0.1, -0.05) is 18.2 Å². The van der Waals surface area contributed by atoms with Crippen molar-refractivity contribution in [3.05, 3.63) is 99.6 Å². The molecule has 0 spiro atoms. The molecule has 4 N–H and O–H groups in total. The Bertz CT molecular complexity index is 1650. The van der Waals surface area contributed by atoms with Crippen molar-refractivity contribution in [1.82, 2.24) is 15.3 Å². The molecule has 1 saturated heterocycles. The van der Waals surface area contributed by atoms with E-state index in [4.69, 9.17) is 9.47 Å². The molecule has 4 heterocycles. The van der Waals surface area contributed by atoms with Gasteiger partial charge in [-0.3, -0.25) is 9.78 Å². The number of benzene rings is 2. The third kappa shape index (κ3) is 5.87. The monoisotopic (exact) mass is 553 g/mol. The third-order valence-electron chi connectivity index (χ3n) is 7.31. The molecule has 0 bridgehead atoms. The predicted molar refractivity (Wildman–Crippen MR) is 156 cm³/mol. The average molecular weight is 554 g/mol. The fourth-order valence-corrected chi connectivity index (χ4v) is 5.34. The largest absolute Gasteiger partial charge is 0.465 e. The number of carboxylic acid groups (broad SMARTS) is 1. The first-order valence-electron chi connectivity index (χ1n) is 13.6. The van der Waals surface area contributed by atoms with E-state index in [0.717, 1.165) is 64.0 Å². The number of aromatic nitrogens is 2. The number of nitrogens with one attached hydrogen (secondary N) is 3. The van der Waals surface area contributed by atoms with E-state index in [0.29, 0.717) is 25.3 Å². The number of aromatic amines is 1. The Balaban J connectivity index is 1.27. The lowest BCUT2D eigenvalue weighted by Crippen LogP contribution is -2.36. The highest BCUT2D eigenvalue weighted by molar-refractivity contribution is 5.74. The Hall–Kier alpha value is -4.83. The lowest BCUT2D eigenvalue weighted by Gasteiger charge is -2.29. The number of carbonyl (C=O) groups is 1. The second-order valence-corrected chi connectivity index (χ2v) is 10.2. The first-order chi connectivity index (χ1) is 19.9. The van der Waals surface area contributed by atoms with Crippen LogP contribution in [0.15, 0.2) is 71.5 Å². The number of anilines is 2. The van der Waals surface area contributed by atoms with Crippen LogP contribution >= 0.6 is 0 Å². The number of hydrogen-bond donors (Lipinski definition) is 4. The number of ether oxygens (including phenoxy) is 2. The van der Waals surface area contributed by atoms with Gasteiger partial charge in [-0.15, -0.1) is 0 Å². The van der Waals surface area contributed by atoms with E-state index in [1.165, 1.54) is 0 Å². The molecule has 10 heteroatoms. The van der Waals surface area contributed by atoms with Crippen molar-refractivity contribution in [2.24, 2.45) is 0 Å². The third-order valence-corrected chi connectivity index (χ3v) is 7.31. The zero-order valence-corrected chi connectivity index (χ0v) is 22.6. The lowest BCUT2D eigenvalue weighted by atomic mass is 9.96. The van der Waals surface area contributed by atoms with Gasteiger partial charge in [0.15, 0.2) is 0 Å². The minimum atomic E-state index is -1.09. The van der Waals surface area contributed by atoms with E-state index in [1.54, 1.807) is 6.07 Å². The van der Waals surface area contributed by atoms with Crippen LogP contribution in [0.5, 0.6) is 11.5 Å². The fraction of sp³-hybridized carbons (Fsp3) is 0.258. The number of fused-ring (bicyclic) bond motifs is 2. The molecule has 0 radical (unpaired) electrons. The van der Waals surface area contributed by atoms with E-state index >= 15 is 0 Å². The van der Waals surface area contributed by atoms with E-state index in [2.05, 4.69) is 25.5 Å². The Morgan fingerprint density at radius 3 is 2.71 bits per heavy atom. The number of para-hydroxylation sites is 1. The summed E-state index contributed by atoms with van der Waals surface area (Å²) in [4.78, 5) is 33.6. The van der Waals surface area contributed by atoms with E-state index in [1.807, 2.05) is 67.6 Å². The molecule has 2 aromatic carbocycles.